The normalized spacial score (nSPS) is 23.5. The number of ether oxygens (including phenoxy) is 1. The average Bonchev–Trinajstić information content (AvgIpc) is 2.37. The molecule has 20 heavy (non-hydrogen) atoms. The number of nitrogens with zero attached hydrogens (tertiary/aromatic N) is 2. The van der Waals surface area contributed by atoms with E-state index in [1.165, 1.54) is 4.90 Å². The zero-order chi connectivity index (χ0) is 14.8. The van der Waals surface area contributed by atoms with E-state index in [9.17, 15) is 9.18 Å². The molecule has 5 heteroatoms. The smallest absolute Gasteiger partial charge is 0.410 e. The first-order chi connectivity index (χ1) is 9.38. The summed E-state index contributed by atoms with van der Waals surface area (Å²) in [7, 11) is 0. The van der Waals surface area contributed by atoms with Gasteiger partial charge in [0.1, 0.15) is 17.8 Å². The van der Waals surface area contributed by atoms with Gasteiger partial charge in [-0.05, 0) is 45.7 Å². The molecular formula is C15H21FN2O2. The van der Waals surface area contributed by atoms with Crippen molar-refractivity contribution in [3.05, 3.63) is 30.1 Å². The van der Waals surface area contributed by atoms with Gasteiger partial charge in [-0.1, -0.05) is 6.07 Å². The minimum absolute atomic E-state index is 0.445. The molecule has 1 aliphatic heterocycles. The fraction of sp³-hybridized carbons (Fsp3) is 0.600. The fourth-order valence-electron chi connectivity index (χ4n) is 2.37. The van der Waals surface area contributed by atoms with Crippen LogP contribution in [0.2, 0.25) is 0 Å². The maximum absolute atomic E-state index is 14.3. The summed E-state index contributed by atoms with van der Waals surface area (Å²) in [5.74, 6) is 0. The molecule has 1 saturated heterocycles. The number of carbonyl (C=O) groups is 1. The number of rotatable bonds is 1. The monoisotopic (exact) mass is 280 g/mol. The molecule has 1 aliphatic rings. The lowest BCUT2D eigenvalue weighted by molar-refractivity contribution is -0.00657. The van der Waals surface area contributed by atoms with Crippen molar-refractivity contribution in [2.45, 2.75) is 51.4 Å². The molecule has 0 radical (unpaired) electrons. The van der Waals surface area contributed by atoms with Gasteiger partial charge >= 0.3 is 6.09 Å². The van der Waals surface area contributed by atoms with Crippen LogP contribution in [0.5, 0.6) is 0 Å². The quantitative estimate of drug-likeness (QED) is 0.790. The number of carbonyl (C=O) groups excluding carboxylic acids is 1. The molecule has 0 spiro atoms. The van der Waals surface area contributed by atoms with Crippen LogP contribution in [0.3, 0.4) is 0 Å². The number of piperidine rings is 1. The van der Waals surface area contributed by atoms with Crippen molar-refractivity contribution in [1.82, 2.24) is 9.88 Å². The SMILES string of the molecule is CC(C)(C)OC(=O)N1CCCC(F)C1c1ccccn1. The molecule has 1 fully saturated rings. The summed E-state index contributed by atoms with van der Waals surface area (Å²) in [6.45, 7) is 5.91. The fourth-order valence-corrected chi connectivity index (χ4v) is 2.37. The Balaban J connectivity index is 2.23. The first-order valence-electron chi connectivity index (χ1n) is 6.93. The van der Waals surface area contributed by atoms with E-state index in [2.05, 4.69) is 4.98 Å². The highest BCUT2D eigenvalue weighted by molar-refractivity contribution is 5.69. The highest BCUT2D eigenvalue weighted by Gasteiger charge is 2.38. The van der Waals surface area contributed by atoms with Crippen LogP contribution in [-0.4, -0.2) is 34.3 Å². The number of aromatic nitrogens is 1. The Morgan fingerprint density at radius 3 is 2.80 bits per heavy atom. The van der Waals surface area contributed by atoms with Crippen molar-refractivity contribution in [1.29, 1.82) is 0 Å². The molecule has 1 aromatic heterocycles. The maximum atomic E-state index is 14.3. The number of hydrogen-bond acceptors (Lipinski definition) is 3. The molecule has 110 valence electrons. The molecule has 2 atom stereocenters. The van der Waals surface area contributed by atoms with Gasteiger partial charge in [-0.25, -0.2) is 9.18 Å². The lowest BCUT2D eigenvalue weighted by Gasteiger charge is -2.38. The average molecular weight is 280 g/mol. The second-order valence-corrected chi connectivity index (χ2v) is 6.03. The molecule has 0 aromatic carbocycles. The maximum Gasteiger partial charge on any atom is 0.410 e. The van der Waals surface area contributed by atoms with Crippen LogP contribution in [-0.2, 0) is 4.74 Å². The van der Waals surface area contributed by atoms with Crippen molar-refractivity contribution in [3.8, 4) is 0 Å². The Kier molecular flexibility index (Phi) is 4.26. The first-order valence-corrected chi connectivity index (χ1v) is 6.93. The summed E-state index contributed by atoms with van der Waals surface area (Å²) >= 11 is 0. The van der Waals surface area contributed by atoms with Gasteiger partial charge in [0.2, 0.25) is 0 Å². The van der Waals surface area contributed by atoms with Crippen LogP contribution >= 0.6 is 0 Å². The number of amides is 1. The topological polar surface area (TPSA) is 42.4 Å². The molecule has 0 saturated carbocycles. The van der Waals surface area contributed by atoms with Gasteiger partial charge in [0.05, 0.1) is 5.69 Å². The molecule has 0 aliphatic carbocycles. The van der Waals surface area contributed by atoms with E-state index in [-0.39, 0.29) is 0 Å². The van der Waals surface area contributed by atoms with Gasteiger partial charge in [-0.15, -0.1) is 0 Å². The second kappa shape index (κ2) is 5.77. The summed E-state index contributed by atoms with van der Waals surface area (Å²) in [6.07, 6.45) is 1.12. The van der Waals surface area contributed by atoms with Crippen molar-refractivity contribution in [3.63, 3.8) is 0 Å². The van der Waals surface area contributed by atoms with Crippen molar-refractivity contribution in [2.75, 3.05) is 6.54 Å². The van der Waals surface area contributed by atoms with Gasteiger partial charge < -0.3 is 4.74 Å². The first kappa shape index (κ1) is 14.8. The third kappa shape index (κ3) is 3.46. The Hall–Kier alpha value is -1.65. The lowest BCUT2D eigenvalue weighted by atomic mass is 9.97. The Morgan fingerprint density at radius 1 is 1.45 bits per heavy atom. The molecular weight excluding hydrogens is 259 g/mol. The Labute approximate surface area is 118 Å². The Morgan fingerprint density at radius 2 is 2.20 bits per heavy atom. The highest BCUT2D eigenvalue weighted by Crippen LogP contribution is 2.33. The van der Waals surface area contributed by atoms with Gasteiger partial charge in [0.25, 0.3) is 0 Å². The minimum Gasteiger partial charge on any atom is -0.444 e. The van der Waals surface area contributed by atoms with Crippen LogP contribution in [0.15, 0.2) is 24.4 Å². The lowest BCUT2D eigenvalue weighted by Crippen LogP contribution is -2.46. The van der Waals surface area contributed by atoms with Crippen LogP contribution in [0.25, 0.3) is 0 Å². The summed E-state index contributed by atoms with van der Waals surface area (Å²) < 4.78 is 19.7. The van der Waals surface area contributed by atoms with Crippen molar-refractivity contribution >= 4 is 6.09 Å². The standard InChI is InChI=1S/C15H21FN2O2/c1-15(2,3)20-14(19)18-10-6-7-11(16)13(18)12-8-4-5-9-17-12/h4-5,8-9,11,13H,6-7,10H2,1-3H3. The van der Waals surface area contributed by atoms with E-state index >= 15 is 0 Å². The summed E-state index contributed by atoms with van der Waals surface area (Å²) in [5, 5.41) is 0. The summed E-state index contributed by atoms with van der Waals surface area (Å²) in [6, 6.07) is 4.67. The molecule has 0 N–H and O–H groups in total. The highest BCUT2D eigenvalue weighted by atomic mass is 19.1. The predicted molar refractivity (Wildman–Crippen MR) is 74.0 cm³/mol. The van der Waals surface area contributed by atoms with Gasteiger partial charge in [0.15, 0.2) is 0 Å². The van der Waals surface area contributed by atoms with Crippen LogP contribution in [0, 0.1) is 0 Å². The van der Waals surface area contributed by atoms with E-state index in [0.717, 1.165) is 0 Å². The number of likely N-dealkylation sites (tertiary alicyclic amines) is 1. The minimum atomic E-state index is -1.11. The summed E-state index contributed by atoms with van der Waals surface area (Å²) in [5.41, 5.74) is -0.0137. The molecule has 1 amide bonds. The van der Waals surface area contributed by atoms with Crippen molar-refractivity contribution < 1.29 is 13.9 Å². The van der Waals surface area contributed by atoms with Crippen LogP contribution < -0.4 is 0 Å². The van der Waals surface area contributed by atoms with E-state index in [4.69, 9.17) is 4.74 Å². The number of alkyl halides is 1. The number of pyridine rings is 1. The molecule has 2 unspecified atom stereocenters. The molecule has 2 heterocycles. The predicted octanol–water partition coefficient (Wildman–Crippen LogP) is 3.49. The zero-order valence-electron chi connectivity index (χ0n) is 12.2. The largest absolute Gasteiger partial charge is 0.444 e. The van der Waals surface area contributed by atoms with E-state index in [0.29, 0.717) is 25.1 Å². The van der Waals surface area contributed by atoms with Crippen molar-refractivity contribution in [2.24, 2.45) is 0 Å². The van der Waals surface area contributed by atoms with Gasteiger partial charge in [0, 0.05) is 12.7 Å². The molecule has 2 rings (SSSR count). The molecule has 1 aromatic rings. The van der Waals surface area contributed by atoms with E-state index in [1.54, 1.807) is 45.2 Å². The number of hydrogen-bond donors (Lipinski definition) is 0. The van der Waals surface area contributed by atoms with E-state index < -0.39 is 23.9 Å². The summed E-state index contributed by atoms with van der Waals surface area (Å²) in [4.78, 5) is 17.9. The van der Waals surface area contributed by atoms with E-state index in [1.807, 2.05) is 0 Å². The second-order valence-electron chi connectivity index (χ2n) is 6.03. The number of halogens is 1. The van der Waals surface area contributed by atoms with Crippen LogP contribution in [0.1, 0.15) is 45.3 Å². The third-order valence-electron chi connectivity index (χ3n) is 3.18. The van der Waals surface area contributed by atoms with Gasteiger partial charge in [-0.3, -0.25) is 9.88 Å². The third-order valence-corrected chi connectivity index (χ3v) is 3.18. The molecule has 4 nitrogen and oxygen atoms in total. The zero-order valence-corrected chi connectivity index (χ0v) is 12.2. The van der Waals surface area contributed by atoms with Gasteiger partial charge in [-0.2, -0.15) is 0 Å². The Bertz CT molecular complexity index is 459. The van der Waals surface area contributed by atoms with Crippen LogP contribution in [0.4, 0.5) is 9.18 Å². The molecule has 0 bridgehead atoms.